The zero-order valence-electron chi connectivity index (χ0n) is 8.60. The standard InChI is InChI=1S/C12H15NO/c1-3-13-11(9(2)12(13)14)10-7-5-4-6-8-10/h4-9,11H,3H2,1-2H3/t9-,11+/m1/s1. The van der Waals surface area contributed by atoms with E-state index in [0.29, 0.717) is 6.04 Å². The third-order valence-corrected chi connectivity index (χ3v) is 2.96. The molecular weight excluding hydrogens is 174 g/mol. The van der Waals surface area contributed by atoms with Crippen molar-refractivity contribution in [1.82, 2.24) is 4.90 Å². The van der Waals surface area contributed by atoms with Crippen LogP contribution >= 0.6 is 0 Å². The van der Waals surface area contributed by atoms with E-state index < -0.39 is 0 Å². The minimum atomic E-state index is 0.150. The zero-order chi connectivity index (χ0) is 10.1. The summed E-state index contributed by atoms with van der Waals surface area (Å²) >= 11 is 0. The molecule has 2 nitrogen and oxygen atoms in total. The highest BCUT2D eigenvalue weighted by Crippen LogP contribution is 2.38. The van der Waals surface area contributed by atoms with Crippen LogP contribution in [0.2, 0.25) is 0 Å². The first-order valence-electron chi connectivity index (χ1n) is 5.11. The Kier molecular flexibility index (Phi) is 2.28. The summed E-state index contributed by atoms with van der Waals surface area (Å²) in [6.07, 6.45) is 0. The molecule has 0 aliphatic carbocycles. The molecule has 1 fully saturated rings. The zero-order valence-corrected chi connectivity index (χ0v) is 8.60. The molecule has 0 saturated carbocycles. The molecule has 1 amide bonds. The van der Waals surface area contributed by atoms with E-state index in [1.54, 1.807) is 0 Å². The van der Waals surface area contributed by atoms with Crippen LogP contribution in [0, 0.1) is 5.92 Å². The molecule has 0 unspecified atom stereocenters. The van der Waals surface area contributed by atoms with Crippen molar-refractivity contribution >= 4 is 5.91 Å². The monoisotopic (exact) mass is 189 g/mol. The lowest BCUT2D eigenvalue weighted by Gasteiger charge is -2.45. The number of β-lactam (4-membered cyclic amide) rings is 1. The average Bonchev–Trinajstić information content (AvgIpc) is 2.25. The fraction of sp³-hybridized carbons (Fsp3) is 0.417. The van der Waals surface area contributed by atoms with Crippen molar-refractivity contribution in [3.8, 4) is 0 Å². The number of likely N-dealkylation sites (tertiary alicyclic amines) is 1. The summed E-state index contributed by atoms with van der Waals surface area (Å²) in [5.74, 6) is 0.429. The van der Waals surface area contributed by atoms with Crippen LogP contribution in [0.1, 0.15) is 25.5 Å². The molecule has 14 heavy (non-hydrogen) atoms. The van der Waals surface area contributed by atoms with E-state index in [1.165, 1.54) is 5.56 Å². The van der Waals surface area contributed by atoms with Crippen LogP contribution in [0.15, 0.2) is 30.3 Å². The maximum atomic E-state index is 11.5. The Morgan fingerprint density at radius 3 is 2.50 bits per heavy atom. The van der Waals surface area contributed by atoms with E-state index in [9.17, 15) is 4.79 Å². The summed E-state index contributed by atoms with van der Waals surface area (Å²) in [5.41, 5.74) is 1.25. The first kappa shape index (κ1) is 9.25. The maximum Gasteiger partial charge on any atom is 0.228 e. The Bertz CT molecular complexity index is 333. The summed E-state index contributed by atoms with van der Waals surface area (Å²) in [6.45, 7) is 4.84. The smallest absolute Gasteiger partial charge is 0.228 e. The van der Waals surface area contributed by atoms with Gasteiger partial charge in [-0.2, -0.15) is 0 Å². The van der Waals surface area contributed by atoms with Crippen LogP contribution in [-0.4, -0.2) is 17.4 Å². The SMILES string of the molecule is CCN1C(=O)[C@H](C)[C@H]1c1ccccc1. The Hall–Kier alpha value is -1.31. The fourth-order valence-corrected chi connectivity index (χ4v) is 2.19. The molecule has 0 aromatic heterocycles. The second kappa shape index (κ2) is 3.45. The van der Waals surface area contributed by atoms with E-state index in [2.05, 4.69) is 12.1 Å². The normalized spacial score (nSPS) is 26.1. The Labute approximate surface area is 84.5 Å². The number of carbonyl (C=O) groups is 1. The molecule has 0 N–H and O–H groups in total. The van der Waals surface area contributed by atoms with Gasteiger partial charge in [-0.3, -0.25) is 4.79 Å². The van der Waals surface area contributed by atoms with Crippen molar-refractivity contribution in [3.05, 3.63) is 35.9 Å². The van der Waals surface area contributed by atoms with Gasteiger partial charge in [0.15, 0.2) is 0 Å². The van der Waals surface area contributed by atoms with E-state index in [-0.39, 0.29) is 11.8 Å². The molecule has 1 aliphatic heterocycles. The molecule has 1 aliphatic rings. The summed E-state index contributed by atoms with van der Waals surface area (Å²) in [6, 6.07) is 10.5. The van der Waals surface area contributed by atoms with E-state index in [4.69, 9.17) is 0 Å². The number of rotatable bonds is 2. The average molecular weight is 189 g/mol. The van der Waals surface area contributed by atoms with Crippen LogP contribution in [-0.2, 0) is 4.79 Å². The Balaban J connectivity index is 2.23. The number of amides is 1. The van der Waals surface area contributed by atoms with Crippen molar-refractivity contribution in [2.75, 3.05) is 6.54 Å². The summed E-state index contributed by atoms with van der Waals surface area (Å²) in [7, 11) is 0. The molecule has 0 bridgehead atoms. The lowest BCUT2D eigenvalue weighted by molar-refractivity contribution is -0.155. The van der Waals surface area contributed by atoms with Crippen LogP contribution in [0.25, 0.3) is 0 Å². The molecule has 1 aromatic carbocycles. The molecule has 2 atom stereocenters. The second-order valence-corrected chi connectivity index (χ2v) is 3.77. The molecule has 0 radical (unpaired) electrons. The largest absolute Gasteiger partial charge is 0.335 e. The first-order valence-corrected chi connectivity index (χ1v) is 5.11. The van der Waals surface area contributed by atoms with Gasteiger partial charge in [-0.05, 0) is 12.5 Å². The predicted octanol–water partition coefficient (Wildman–Crippen LogP) is 2.23. The van der Waals surface area contributed by atoms with Gasteiger partial charge in [-0.1, -0.05) is 37.3 Å². The van der Waals surface area contributed by atoms with Crippen molar-refractivity contribution in [1.29, 1.82) is 0 Å². The predicted molar refractivity (Wildman–Crippen MR) is 55.7 cm³/mol. The molecule has 1 heterocycles. The molecular formula is C12H15NO. The van der Waals surface area contributed by atoms with Crippen molar-refractivity contribution in [2.24, 2.45) is 5.92 Å². The highest BCUT2D eigenvalue weighted by Gasteiger charge is 2.43. The Morgan fingerprint density at radius 2 is 1.93 bits per heavy atom. The van der Waals surface area contributed by atoms with Crippen molar-refractivity contribution in [3.63, 3.8) is 0 Å². The maximum absolute atomic E-state index is 11.5. The van der Waals surface area contributed by atoms with Crippen LogP contribution in [0.3, 0.4) is 0 Å². The first-order chi connectivity index (χ1) is 6.75. The van der Waals surface area contributed by atoms with Crippen molar-refractivity contribution in [2.45, 2.75) is 19.9 Å². The molecule has 1 aromatic rings. The van der Waals surface area contributed by atoms with Gasteiger partial charge in [-0.15, -0.1) is 0 Å². The molecule has 1 saturated heterocycles. The number of carbonyl (C=O) groups excluding carboxylic acids is 1. The van der Waals surface area contributed by atoms with Gasteiger partial charge in [0, 0.05) is 6.54 Å². The third-order valence-electron chi connectivity index (χ3n) is 2.96. The van der Waals surface area contributed by atoms with Gasteiger partial charge < -0.3 is 4.90 Å². The molecule has 2 rings (SSSR count). The summed E-state index contributed by atoms with van der Waals surface area (Å²) in [5, 5.41) is 0. The van der Waals surface area contributed by atoms with E-state index in [1.807, 2.05) is 36.9 Å². The lowest BCUT2D eigenvalue weighted by Crippen LogP contribution is -2.53. The quantitative estimate of drug-likeness (QED) is 0.653. The highest BCUT2D eigenvalue weighted by molar-refractivity contribution is 5.86. The third kappa shape index (κ3) is 1.22. The minimum Gasteiger partial charge on any atom is -0.335 e. The molecule has 2 heteroatoms. The lowest BCUT2D eigenvalue weighted by atomic mass is 9.84. The summed E-state index contributed by atoms with van der Waals surface area (Å²) in [4.78, 5) is 13.4. The van der Waals surface area contributed by atoms with Crippen LogP contribution < -0.4 is 0 Å². The van der Waals surface area contributed by atoms with Crippen LogP contribution in [0.5, 0.6) is 0 Å². The van der Waals surface area contributed by atoms with Gasteiger partial charge >= 0.3 is 0 Å². The van der Waals surface area contributed by atoms with Gasteiger partial charge in [0.05, 0.1) is 12.0 Å². The summed E-state index contributed by atoms with van der Waals surface area (Å²) < 4.78 is 0. The van der Waals surface area contributed by atoms with E-state index in [0.717, 1.165) is 6.54 Å². The van der Waals surface area contributed by atoms with Gasteiger partial charge in [-0.25, -0.2) is 0 Å². The van der Waals surface area contributed by atoms with Gasteiger partial charge in [0.25, 0.3) is 0 Å². The second-order valence-electron chi connectivity index (χ2n) is 3.77. The van der Waals surface area contributed by atoms with E-state index >= 15 is 0 Å². The van der Waals surface area contributed by atoms with Gasteiger partial charge in [0.1, 0.15) is 0 Å². The van der Waals surface area contributed by atoms with Gasteiger partial charge in [0.2, 0.25) is 5.91 Å². The Morgan fingerprint density at radius 1 is 1.29 bits per heavy atom. The molecule has 74 valence electrons. The number of hydrogen-bond donors (Lipinski definition) is 0. The van der Waals surface area contributed by atoms with Crippen LogP contribution in [0.4, 0.5) is 0 Å². The topological polar surface area (TPSA) is 20.3 Å². The number of nitrogens with zero attached hydrogens (tertiary/aromatic N) is 1. The molecule has 0 spiro atoms. The fourth-order valence-electron chi connectivity index (χ4n) is 2.19. The number of hydrogen-bond acceptors (Lipinski definition) is 1. The minimum absolute atomic E-state index is 0.150. The van der Waals surface area contributed by atoms with Crippen molar-refractivity contribution < 1.29 is 4.79 Å². The number of benzene rings is 1. The highest BCUT2D eigenvalue weighted by atomic mass is 16.2.